The molecular weight excluding hydrogens is 608 g/mol. The van der Waals surface area contributed by atoms with Crippen LogP contribution >= 0.6 is 0 Å². The lowest BCUT2D eigenvalue weighted by Crippen LogP contribution is -2.48. The number of pyridine rings is 1. The van der Waals surface area contributed by atoms with Crippen molar-refractivity contribution in [3.05, 3.63) is 66.1 Å². The Hall–Kier alpha value is -4.59. The zero-order valence-corrected chi connectivity index (χ0v) is 26.2. The van der Waals surface area contributed by atoms with Crippen molar-refractivity contribution < 1.29 is 36.2 Å². The van der Waals surface area contributed by atoms with Crippen LogP contribution in [0.1, 0.15) is 45.7 Å². The Balaban J connectivity index is 1.59. The van der Waals surface area contributed by atoms with Crippen LogP contribution in [0.5, 0.6) is 11.6 Å². The first kappa shape index (κ1) is 31.8. The Kier molecular flexibility index (Phi) is 8.79. The van der Waals surface area contributed by atoms with E-state index in [1.54, 1.807) is 44.7 Å². The van der Waals surface area contributed by atoms with Gasteiger partial charge in [-0.05, 0) is 76.4 Å². The summed E-state index contributed by atoms with van der Waals surface area (Å²) < 4.78 is 74.6. The van der Waals surface area contributed by atoms with Gasteiger partial charge in [-0.2, -0.15) is 13.4 Å². The average molecular weight is 642 g/mol. The van der Waals surface area contributed by atoms with Gasteiger partial charge >= 0.3 is 6.09 Å². The highest BCUT2D eigenvalue weighted by Gasteiger charge is 2.33. The van der Waals surface area contributed by atoms with Crippen molar-refractivity contribution in [3.8, 4) is 22.8 Å². The van der Waals surface area contributed by atoms with Crippen molar-refractivity contribution in [2.45, 2.75) is 63.8 Å². The van der Waals surface area contributed by atoms with Crippen molar-refractivity contribution in [2.75, 3.05) is 18.4 Å². The molecule has 1 amide bonds. The van der Waals surface area contributed by atoms with Gasteiger partial charge in [0.25, 0.3) is 10.0 Å². The normalized spacial score (nSPS) is 15.5. The molecule has 0 bridgehead atoms. The molecule has 0 spiro atoms. The molecule has 3 heterocycles. The number of hydrogen-bond donors (Lipinski definition) is 1. The minimum Gasteiger partial charge on any atom is -0.481 e. The van der Waals surface area contributed by atoms with Gasteiger partial charge in [0.15, 0.2) is 11.3 Å². The van der Waals surface area contributed by atoms with Gasteiger partial charge in [-0.25, -0.2) is 23.5 Å². The van der Waals surface area contributed by atoms with Crippen LogP contribution in [-0.2, 0) is 14.8 Å². The number of sulfonamides is 1. The maximum absolute atomic E-state index is 14.4. The zero-order valence-electron chi connectivity index (χ0n) is 25.4. The second kappa shape index (κ2) is 12.4. The molecule has 1 atom stereocenters. The first-order valence-corrected chi connectivity index (χ1v) is 15.7. The first-order valence-electron chi connectivity index (χ1n) is 14.2. The molecule has 2 aromatic carbocycles. The molecule has 11 nitrogen and oxygen atoms in total. The first-order chi connectivity index (χ1) is 21.3. The third-order valence-corrected chi connectivity index (χ3v) is 8.35. The zero-order chi connectivity index (χ0) is 32.5. The van der Waals surface area contributed by atoms with Gasteiger partial charge in [-0.15, -0.1) is 0 Å². The monoisotopic (exact) mass is 641 g/mol. The molecule has 0 aliphatic carbocycles. The highest BCUT2D eigenvalue weighted by atomic mass is 32.2. The van der Waals surface area contributed by atoms with Gasteiger partial charge in [0.05, 0.1) is 12.8 Å². The van der Waals surface area contributed by atoms with E-state index >= 15 is 0 Å². The second-order valence-electron chi connectivity index (χ2n) is 11.5. The van der Waals surface area contributed by atoms with Crippen molar-refractivity contribution in [3.63, 3.8) is 0 Å². The number of benzene rings is 2. The predicted octanol–water partition coefficient (Wildman–Crippen LogP) is 6.21. The number of amides is 1. The maximum Gasteiger partial charge on any atom is 0.413 e. The van der Waals surface area contributed by atoms with Gasteiger partial charge < -0.3 is 14.2 Å². The van der Waals surface area contributed by atoms with Gasteiger partial charge in [0.2, 0.25) is 5.88 Å². The standard InChI is InChI=1S/C31H33F2N5O6S/c1-18-27-20(21-11-14-25(42-5)36-29(21)45(40,41)37-23-12-9-19(32)16-22(23)33)10-13-24(28(27)35-17-34-18)43-26-8-6-7-15-38(26)30(39)44-31(2,3)4/h9-14,16-17,26,37H,6-8,15H2,1-5H3. The Bertz CT molecular complexity index is 1870. The van der Waals surface area contributed by atoms with Crippen LogP contribution in [-0.4, -0.2) is 59.8 Å². The number of rotatable bonds is 7. The molecule has 1 N–H and O–H groups in total. The summed E-state index contributed by atoms with van der Waals surface area (Å²) in [5.41, 5.74) is 0.310. The summed E-state index contributed by atoms with van der Waals surface area (Å²) in [4.78, 5) is 27.6. The summed E-state index contributed by atoms with van der Waals surface area (Å²) in [6, 6.07) is 8.77. The molecule has 4 aromatic rings. The third kappa shape index (κ3) is 6.90. The third-order valence-electron chi connectivity index (χ3n) is 7.04. The summed E-state index contributed by atoms with van der Waals surface area (Å²) >= 11 is 0. The molecular formula is C31H33F2N5O6S. The molecule has 0 saturated carbocycles. The van der Waals surface area contributed by atoms with E-state index in [0.29, 0.717) is 46.9 Å². The van der Waals surface area contributed by atoms with Crippen molar-refractivity contribution in [2.24, 2.45) is 0 Å². The van der Waals surface area contributed by atoms with Gasteiger partial charge in [-0.3, -0.25) is 9.62 Å². The lowest BCUT2D eigenvalue weighted by molar-refractivity contribution is -0.0338. The Morgan fingerprint density at radius 1 is 1.04 bits per heavy atom. The average Bonchev–Trinajstić information content (AvgIpc) is 2.98. The van der Waals surface area contributed by atoms with Gasteiger partial charge in [0, 0.05) is 41.7 Å². The topological polar surface area (TPSA) is 133 Å². The van der Waals surface area contributed by atoms with E-state index in [1.807, 2.05) is 0 Å². The highest BCUT2D eigenvalue weighted by Crippen LogP contribution is 2.39. The lowest BCUT2D eigenvalue weighted by Gasteiger charge is -2.36. The largest absolute Gasteiger partial charge is 0.481 e. The van der Waals surface area contributed by atoms with E-state index in [1.165, 1.54) is 25.6 Å². The molecule has 238 valence electrons. The minimum atomic E-state index is -4.54. The van der Waals surface area contributed by atoms with Crippen molar-refractivity contribution >= 4 is 32.7 Å². The van der Waals surface area contributed by atoms with E-state index in [4.69, 9.17) is 14.2 Å². The number of carbonyl (C=O) groups is 1. The number of aromatic nitrogens is 3. The molecule has 45 heavy (non-hydrogen) atoms. The second-order valence-corrected chi connectivity index (χ2v) is 13.1. The van der Waals surface area contributed by atoms with Crippen LogP contribution < -0.4 is 14.2 Å². The summed E-state index contributed by atoms with van der Waals surface area (Å²) in [7, 11) is -3.21. The van der Waals surface area contributed by atoms with Gasteiger partial charge in [0.1, 0.15) is 34.8 Å². The molecule has 2 aromatic heterocycles. The Morgan fingerprint density at radius 2 is 1.80 bits per heavy atom. The fraction of sp³-hybridized carbons (Fsp3) is 0.355. The fourth-order valence-electron chi connectivity index (χ4n) is 5.04. The Labute approximate surface area is 259 Å². The van der Waals surface area contributed by atoms with Crippen molar-refractivity contribution in [1.29, 1.82) is 0 Å². The van der Waals surface area contributed by atoms with E-state index in [0.717, 1.165) is 25.0 Å². The molecule has 1 aliphatic rings. The quantitative estimate of drug-likeness (QED) is 0.250. The summed E-state index contributed by atoms with van der Waals surface area (Å²) in [5, 5.41) is 0.0122. The number of likely N-dealkylation sites (tertiary alicyclic amines) is 1. The SMILES string of the molecule is COc1ccc(-c2ccc(OC3CCCCN3C(=O)OC(C)(C)C)c3ncnc(C)c23)c(S(=O)(=O)Nc2ccc(F)cc2F)n1. The van der Waals surface area contributed by atoms with Crippen LogP contribution in [0.25, 0.3) is 22.0 Å². The molecule has 14 heteroatoms. The van der Waals surface area contributed by atoms with Crippen LogP contribution in [0.4, 0.5) is 19.3 Å². The number of methoxy groups -OCH3 is 1. The van der Waals surface area contributed by atoms with Crippen LogP contribution in [0.15, 0.2) is 53.8 Å². The molecule has 1 aliphatic heterocycles. The van der Waals surface area contributed by atoms with Crippen LogP contribution in [0.3, 0.4) is 0 Å². The fourth-order valence-corrected chi connectivity index (χ4v) is 6.26. The van der Waals surface area contributed by atoms with E-state index in [9.17, 15) is 22.0 Å². The molecule has 1 unspecified atom stereocenters. The highest BCUT2D eigenvalue weighted by molar-refractivity contribution is 7.92. The molecule has 5 rings (SSSR count). The number of aryl methyl sites for hydroxylation is 1. The van der Waals surface area contributed by atoms with Crippen LogP contribution in [0, 0.1) is 18.6 Å². The molecule has 0 radical (unpaired) electrons. The number of fused-ring (bicyclic) bond motifs is 1. The van der Waals surface area contributed by atoms with Crippen molar-refractivity contribution in [1.82, 2.24) is 19.9 Å². The number of nitrogens with zero attached hydrogens (tertiary/aromatic N) is 4. The number of halogens is 2. The number of nitrogens with one attached hydrogen (secondary N) is 1. The summed E-state index contributed by atoms with van der Waals surface area (Å²) in [6.45, 7) is 7.59. The smallest absolute Gasteiger partial charge is 0.413 e. The summed E-state index contributed by atoms with van der Waals surface area (Å²) in [6.07, 6.45) is 2.48. The van der Waals surface area contributed by atoms with Gasteiger partial charge in [-0.1, -0.05) is 0 Å². The van der Waals surface area contributed by atoms with E-state index in [2.05, 4.69) is 19.7 Å². The van der Waals surface area contributed by atoms with E-state index < -0.39 is 50.3 Å². The predicted molar refractivity (Wildman–Crippen MR) is 162 cm³/mol. The number of carbonyl (C=O) groups excluding carboxylic acids is 1. The maximum atomic E-state index is 14.4. The lowest BCUT2D eigenvalue weighted by atomic mass is 10.00. The summed E-state index contributed by atoms with van der Waals surface area (Å²) in [5.74, 6) is -1.60. The molecule has 1 saturated heterocycles. The number of anilines is 1. The Morgan fingerprint density at radius 3 is 2.51 bits per heavy atom. The number of piperidine rings is 1. The minimum absolute atomic E-state index is 0.00420. The molecule has 1 fully saturated rings. The number of ether oxygens (including phenoxy) is 3. The van der Waals surface area contributed by atoms with E-state index in [-0.39, 0.29) is 11.4 Å². The van der Waals surface area contributed by atoms with Crippen LogP contribution in [0.2, 0.25) is 0 Å². The number of hydrogen-bond acceptors (Lipinski definition) is 9.